The average Bonchev–Trinajstić information content (AvgIpc) is 2.73. The van der Waals surface area contributed by atoms with Crippen molar-refractivity contribution in [2.75, 3.05) is 17.6 Å². The minimum Gasteiger partial charge on any atom is -0.368 e. The van der Waals surface area contributed by atoms with Crippen molar-refractivity contribution in [2.24, 2.45) is 0 Å². The molecule has 0 saturated heterocycles. The molecule has 2 aromatic rings. The molecule has 5 heteroatoms. The molecule has 1 heterocycles. The Morgan fingerprint density at radius 3 is 2.75 bits per heavy atom. The summed E-state index contributed by atoms with van der Waals surface area (Å²) in [6.07, 6.45) is 0. The van der Waals surface area contributed by atoms with E-state index in [1.54, 1.807) is 0 Å². The molecule has 16 heavy (non-hydrogen) atoms. The van der Waals surface area contributed by atoms with Gasteiger partial charge in [-0.3, -0.25) is 0 Å². The lowest BCUT2D eigenvalue weighted by atomic mass is 10.0. The summed E-state index contributed by atoms with van der Waals surface area (Å²) in [5, 5.41) is 9.63. The minimum absolute atomic E-state index is 0.329. The number of hydrogen-bond donors (Lipinski definition) is 3. The third-order valence-electron chi connectivity index (χ3n) is 2.44. The standard InChI is InChI=1S/C11H15N5/c1-8(9-5-3-2-4-6-9)7-13-11-14-10(12)15-16-11/h2-6,8H,7H2,1H3,(H4,12,13,14,15,16). The number of nitrogens with zero attached hydrogens (tertiary/aromatic N) is 2. The first-order valence-electron chi connectivity index (χ1n) is 5.22. The van der Waals surface area contributed by atoms with Gasteiger partial charge >= 0.3 is 0 Å². The van der Waals surface area contributed by atoms with Crippen molar-refractivity contribution in [1.29, 1.82) is 0 Å². The highest BCUT2D eigenvalue weighted by Crippen LogP contribution is 2.14. The molecule has 0 saturated carbocycles. The molecule has 0 aliphatic carbocycles. The fraction of sp³-hybridized carbons (Fsp3) is 0.273. The van der Waals surface area contributed by atoms with Crippen LogP contribution in [0.25, 0.3) is 0 Å². The third-order valence-corrected chi connectivity index (χ3v) is 2.44. The zero-order chi connectivity index (χ0) is 11.4. The fourth-order valence-electron chi connectivity index (χ4n) is 1.50. The maximum absolute atomic E-state index is 5.43. The Hall–Kier alpha value is -2.04. The molecule has 1 atom stereocenters. The fourth-order valence-corrected chi connectivity index (χ4v) is 1.50. The lowest BCUT2D eigenvalue weighted by Crippen LogP contribution is -2.10. The predicted molar refractivity (Wildman–Crippen MR) is 64.1 cm³/mol. The van der Waals surface area contributed by atoms with Crippen LogP contribution in [0.4, 0.5) is 11.9 Å². The smallest absolute Gasteiger partial charge is 0.243 e. The number of aromatic nitrogens is 3. The van der Waals surface area contributed by atoms with Crippen LogP contribution in [0.2, 0.25) is 0 Å². The molecule has 0 aliphatic heterocycles. The topological polar surface area (TPSA) is 79.6 Å². The Morgan fingerprint density at radius 1 is 1.38 bits per heavy atom. The summed E-state index contributed by atoms with van der Waals surface area (Å²) in [5.41, 5.74) is 6.72. The number of H-pyrrole nitrogens is 1. The van der Waals surface area contributed by atoms with Crippen LogP contribution in [0.3, 0.4) is 0 Å². The van der Waals surface area contributed by atoms with Crippen LogP contribution in [0.15, 0.2) is 30.3 Å². The van der Waals surface area contributed by atoms with E-state index >= 15 is 0 Å². The summed E-state index contributed by atoms with van der Waals surface area (Å²) in [4.78, 5) is 3.98. The van der Waals surface area contributed by atoms with Gasteiger partial charge in [0.05, 0.1) is 0 Å². The van der Waals surface area contributed by atoms with E-state index < -0.39 is 0 Å². The first kappa shape index (κ1) is 10.5. The van der Waals surface area contributed by atoms with Crippen LogP contribution in [0.5, 0.6) is 0 Å². The maximum atomic E-state index is 5.43. The average molecular weight is 217 g/mol. The lowest BCUT2D eigenvalue weighted by Gasteiger charge is -2.11. The van der Waals surface area contributed by atoms with Crippen LogP contribution < -0.4 is 11.1 Å². The quantitative estimate of drug-likeness (QED) is 0.726. The van der Waals surface area contributed by atoms with Crippen LogP contribution >= 0.6 is 0 Å². The molecule has 0 bridgehead atoms. The van der Waals surface area contributed by atoms with Crippen molar-refractivity contribution in [1.82, 2.24) is 15.2 Å². The second-order valence-electron chi connectivity index (χ2n) is 3.74. The first-order chi connectivity index (χ1) is 7.75. The van der Waals surface area contributed by atoms with Crippen LogP contribution in [0, 0.1) is 0 Å². The van der Waals surface area contributed by atoms with Gasteiger partial charge in [0, 0.05) is 6.54 Å². The largest absolute Gasteiger partial charge is 0.368 e. The normalized spacial score (nSPS) is 12.3. The molecule has 2 rings (SSSR count). The second kappa shape index (κ2) is 4.65. The molecule has 84 valence electrons. The third kappa shape index (κ3) is 2.50. The van der Waals surface area contributed by atoms with Crippen molar-refractivity contribution < 1.29 is 0 Å². The molecule has 0 amide bonds. The summed E-state index contributed by atoms with van der Waals surface area (Å²) in [7, 11) is 0. The highest BCUT2D eigenvalue weighted by molar-refractivity contribution is 5.31. The van der Waals surface area contributed by atoms with Crippen molar-refractivity contribution in [3.05, 3.63) is 35.9 Å². The molecular weight excluding hydrogens is 202 g/mol. The zero-order valence-electron chi connectivity index (χ0n) is 9.14. The lowest BCUT2D eigenvalue weighted by molar-refractivity contribution is 0.797. The molecule has 1 unspecified atom stereocenters. The molecule has 5 nitrogen and oxygen atoms in total. The van der Waals surface area contributed by atoms with Gasteiger partial charge in [-0.1, -0.05) is 37.3 Å². The van der Waals surface area contributed by atoms with Crippen molar-refractivity contribution in [2.45, 2.75) is 12.8 Å². The minimum atomic E-state index is 0.329. The number of anilines is 2. The van der Waals surface area contributed by atoms with E-state index in [1.165, 1.54) is 5.56 Å². The SMILES string of the molecule is CC(CNc1n[nH]c(N)n1)c1ccccc1. The van der Waals surface area contributed by atoms with Gasteiger partial charge in [-0.05, 0) is 11.5 Å². The molecule has 0 spiro atoms. The zero-order valence-corrected chi connectivity index (χ0v) is 9.14. The maximum Gasteiger partial charge on any atom is 0.243 e. The van der Waals surface area contributed by atoms with Crippen molar-refractivity contribution >= 4 is 11.9 Å². The van der Waals surface area contributed by atoms with Gasteiger partial charge in [0.2, 0.25) is 11.9 Å². The van der Waals surface area contributed by atoms with Gasteiger partial charge in [0.1, 0.15) is 0 Å². The molecule has 1 aromatic heterocycles. The van der Waals surface area contributed by atoms with E-state index in [4.69, 9.17) is 5.73 Å². The Balaban J connectivity index is 1.91. The Kier molecular flexibility index (Phi) is 3.05. The second-order valence-corrected chi connectivity index (χ2v) is 3.74. The monoisotopic (exact) mass is 217 g/mol. The molecule has 0 aliphatic rings. The van der Waals surface area contributed by atoms with E-state index in [0.29, 0.717) is 17.8 Å². The highest BCUT2D eigenvalue weighted by Gasteiger charge is 2.06. The number of aromatic amines is 1. The van der Waals surface area contributed by atoms with Gasteiger partial charge in [-0.25, -0.2) is 5.10 Å². The number of benzene rings is 1. The van der Waals surface area contributed by atoms with Crippen molar-refractivity contribution in [3.8, 4) is 0 Å². The molecule has 4 N–H and O–H groups in total. The summed E-state index contributed by atoms with van der Waals surface area (Å²) >= 11 is 0. The summed E-state index contributed by atoms with van der Waals surface area (Å²) in [6, 6.07) is 10.3. The van der Waals surface area contributed by atoms with Crippen LogP contribution in [-0.2, 0) is 0 Å². The van der Waals surface area contributed by atoms with Crippen molar-refractivity contribution in [3.63, 3.8) is 0 Å². The molecular formula is C11H15N5. The Labute approximate surface area is 94.1 Å². The summed E-state index contributed by atoms with van der Waals surface area (Å²) < 4.78 is 0. The Morgan fingerprint density at radius 2 is 2.12 bits per heavy atom. The van der Waals surface area contributed by atoms with Gasteiger partial charge in [-0.2, -0.15) is 4.98 Å². The Bertz CT molecular complexity index is 437. The number of nitrogens with one attached hydrogen (secondary N) is 2. The van der Waals surface area contributed by atoms with E-state index in [1.807, 2.05) is 18.2 Å². The summed E-state index contributed by atoms with van der Waals surface area (Å²) in [5.74, 6) is 1.27. The van der Waals surface area contributed by atoms with Gasteiger partial charge in [0.15, 0.2) is 0 Å². The van der Waals surface area contributed by atoms with E-state index in [-0.39, 0.29) is 0 Å². The van der Waals surface area contributed by atoms with Gasteiger partial charge in [0.25, 0.3) is 0 Å². The highest BCUT2D eigenvalue weighted by atomic mass is 15.3. The number of hydrogen-bond acceptors (Lipinski definition) is 4. The molecule has 0 fully saturated rings. The first-order valence-corrected chi connectivity index (χ1v) is 5.22. The van der Waals surface area contributed by atoms with Crippen LogP contribution in [0.1, 0.15) is 18.4 Å². The predicted octanol–water partition coefficient (Wildman–Crippen LogP) is 1.60. The molecule has 0 radical (unpaired) electrons. The molecule has 1 aromatic carbocycles. The van der Waals surface area contributed by atoms with Crippen LogP contribution in [-0.4, -0.2) is 21.7 Å². The van der Waals surface area contributed by atoms with E-state index in [9.17, 15) is 0 Å². The van der Waals surface area contributed by atoms with E-state index in [2.05, 4.69) is 39.6 Å². The van der Waals surface area contributed by atoms with Gasteiger partial charge in [-0.15, -0.1) is 5.10 Å². The summed E-state index contributed by atoms with van der Waals surface area (Å²) in [6.45, 7) is 2.93. The number of nitrogens with two attached hydrogens (primary N) is 1. The number of rotatable bonds is 4. The number of nitrogen functional groups attached to an aromatic ring is 1. The van der Waals surface area contributed by atoms with Gasteiger partial charge < -0.3 is 11.1 Å². The van der Waals surface area contributed by atoms with E-state index in [0.717, 1.165) is 6.54 Å².